The van der Waals surface area contributed by atoms with Gasteiger partial charge in [-0.3, -0.25) is 4.79 Å². The highest BCUT2D eigenvalue weighted by Gasteiger charge is 2.26. The van der Waals surface area contributed by atoms with Crippen LogP contribution in [0.1, 0.15) is 18.1 Å². The maximum absolute atomic E-state index is 11.4. The topological polar surface area (TPSA) is 55.1 Å². The number of ketones is 1. The molecule has 1 aromatic rings. The first-order valence-electron chi connectivity index (χ1n) is 4.02. The number of nitrogens with one attached hydrogen (secondary N) is 1. The Kier molecular flexibility index (Phi) is 1.91. The molecule has 0 saturated carbocycles. The van der Waals surface area contributed by atoms with Crippen LogP contribution in [-0.2, 0) is 4.79 Å². The highest BCUT2D eigenvalue weighted by atomic mass is 16.5. The summed E-state index contributed by atoms with van der Waals surface area (Å²) < 4.78 is 4.93. The molecule has 4 heteroatoms. The van der Waals surface area contributed by atoms with Gasteiger partial charge in [0.2, 0.25) is 0 Å². The first-order chi connectivity index (χ1) is 5.88. The van der Waals surface area contributed by atoms with Gasteiger partial charge in [-0.2, -0.15) is 0 Å². The van der Waals surface area contributed by atoms with E-state index in [9.17, 15) is 4.79 Å². The van der Waals surface area contributed by atoms with Gasteiger partial charge in [-0.25, -0.2) is 0 Å². The van der Waals surface area contributed by atoms with E-state index in [4.69, 9.17) is 4.52 Å². The quantitative estimate of drug-likeness (QED) is 0.652. The normalized spacial score (nSPS) is 24.3. The Morgan fingerprint density at radius 1 is 1.67 bits per heavy atom. The van der Waals surface area contributed by atoms with E-state index in [2.05, 4.69) is 10.5 Å². The van der Waals surface area contributed by atoms with Gasteiger partial charge in [0.1, 0.15) is 11.5 Å². The summed E-state index contributed by atoms with van der Waals surface area (Å²) in [7, 11) is 0. The van der Waals surface area contributed by atoms with Crippen LogP contribution < -0.4 is 5.32 Å². The average Bonchev–Trinajstić information content (AvgIpc) is 2.57. The summed E-state index contributed by atoms with van der Waals surface area (Å²) in [5.74, 6) is 0.791. The Balaban J connectivity index is 2.17. The van der Waals surface area contributed by atoms with Crippen LogP contribution in [0.2, 0.25) is 0 Å². The third-order valence-electron chi connectivity index (χ3n) is 2.09. The lowest BCUT2D eigenvalue weighted by Gasteiger charge is -2.18. The van der Waals surface area contributed by atoms with Gasteiger partial charge >= 0.3 is 0 Å². The summed E-state index contributed by atoms with van der Waals surface area (Å²) in [6, 6.07) is 1.75. The predicted molar refractivity (Wildman–Crippen MR) is 41.7 cm³/mol. The standard InChI is InChI=1S/C8H10N2O2/c11-7-1-3-9-5-6(7)8-2-4-10-12-8/h2,4,6,9H,1,3,5H2. The summed E-state index contributed by atoms with van der Waals surface area (Å²) in [6.07, 6.45) is 2.16. The number of Topliss-reactive ketones (excluding diaryl/α,β-unsaturated/α-hetero) is 1. The zero-order chi connectivity index (χ0) is 8.39. The maximum atomic E-state index is 11.4. The fourth-order valence-electron chi connectivity index (χ4n) is 1.41. The number of nitrogens with zero attached hydrogens (tertiary/aromatic N) is 1. The second kappa shape index (κ2) is 3.06. The van der Waals surface area contributed by atoms with Crippen molar-refractivity contribution in [2.24, 2.45) is 0 Å². The second-order valence-electron chi connectivity index (χ2n) is 2.89. The minimum Gasteiger partial charge on any atom is -0.361 e. The lowest BCUT2D eigenvalue weighted by atomic mass is 9.96. The van der Waals surface area contributed by atoms with Crippen molar-refractivity contribution in [3.05, 3.63) is 18.0 Å². The Labute approximate surface area is 69.9 Å². The minimum absolute atomic E-state index is 0.124. The lowest BCUT2D eigenvalue weighted by molar-refractivity contribution is -0.121. The molecule has 1 N–H and O–H groups in total. The van der Waals surface area contributed by atoms with E-state index < -0.39 is 0 Å². The number of piperidine rings is 1. The van der Waals surface area contributed by atoms with E-state index in [0.717, 1.165) is 6.54 Å². The maximum Gasteiger partial charge on any atom is 0.148 e. The Hall–Kier alpha value is -1.16. The van der Waals surface area contributed by atoms with Crippen molar-refractivity contribution < 1.29 is 9.32 Å². The molecule has 0 amide bonds. The van der Waals surface area contributed by atoms with Gasteiger partial charge in [0.15, 0.2) is 0 Å². The molecule has 12 heavy (non-hydrogen) atoms. The summed E-state index contributed by atoms with van der Waals surface area (Å²) in [4.78, 5) is 11.4. The first-order valence-corrected chi connectivity index (χ1v) is 4.02. The number of rotatable bonds is 1. The molecule has 0 radical (unpaired) electrons. The van der Waals surface area contributed by atoms with E-state index >= 15 is 0 Å². The molecule has 2 rings (SSSR count). The summed E-state index contributed by atoms with van der Waals surface area (Å²) in [6.45, 7) is 1.46. The number of aromatic nitrogens is 1. The van der Waals surface area contributed by atoms with Gasteiger partial charge in [0, 0.05) is 25.6 Å². The van der Waals surface area contributed by atoms with Gasteiger partial charge < -0.3 is 9.84 Å². The molecule has 0 aliphatic carbocycles. The molecule has 1 aliphatic heterocycles. The van der Waals surface area contributed by atoms with Gasteiger partial charge in [0.05, 0.1) is 12.1 Å². The van der Waals surface area contributed by atoms with Crippen molar-refractivity contribution in [3.63, 3.8) is 0 Å². The highest BCUT2D eigenvalue weighted by Crippen LogP contribution is 2.18. The van der Waals surface area contributed by atoms with Gasteiger partial charge in [0.25, 0.3) is 0 Å². The van der Waals surface area contributed by atoms with Gasteiger partial charge in [-0.05, 0) is 0 Å². The summed E-state index contributed by atoms with van der Waals surface area (Å²) in [5.41, 5.74) is 0. The molecule has 0 aromatic carbocycles. The molecule has 2 heterocycles. The molecule has 1 unspecified atom stereocenters. The fourth-order valence-corrected chi connectivity index (χ4v) is 1.41. The Morgan fingerprint density at radius 3 is 3.25 bits per heavy atom. The van der Waals surface area contributed by atoms with Crippen molar-refractivity contribution in [2.45, 2.75) is 12.3 Å². The second-order valence-corrected chi connectivity index (χ2v) is 2.89. The smallest absolute Gasteiger partial charge is 0.148 e. The van der Waals surface area contributed by atoms with Crippen molar-refractivity contribution in [1.29, 1.82) is 0 Å². The van der Waals surface area contributed by atoms with E-state index in [1.807, 2.05) is 0 Å². The van der Waals surface area contributed by atoms with Crippen LogP contribution in [0.25, 0.3) is 0 Å². The lowest BCUT2D eigenvalue weighted by Crippen LogP contribution is -2.35. The third kappa shape index (κ3) is 1.25. The van der Waals surface area contributed by atoms with Crippen LogP contribution in [0.5, 0.6) is 0 Å². The molecular weight excluding hydrogens is 156 g/mol. The van der Waals surface area contributed by atoms with Crippen LogP contribution in [0, 0.1) is 0 Å². The van der Waals surface area contributed by atoms with E-state index in [-0.39, 0.29) is 11.7 Å². The van der Waals surface area contributed by atoms with Crippen molar-refractivity contribution in [3.8, 4) is 0 Å². The van der Waals surface area contributed by atoms with Gasteiger partial charge in [-0.15, -0.1) is 0 Å². The predicted octanol–water partition coefficient (Wildman–Crippen LogP) is 0.321. The molecule has 4 nitrogen and oxygen atoms in total. The van der Waals surface area contributed by atoms with Gasteiger partial charge in [-0.1, -0.05) is 5.16 Å². The van der Waals surface area contributed by atoms with Crippen LogP contribution in [0.15, 0.2) is 16.8 Å². The number of hydrogen-bond donors (Lipinski definition) is 1. The zero-order valence-electron chi connectivity index (χ0n) is 6.62. The molecule has 0 bridgehead atoms. The Morgan fingerprint density at radius 2 is 2.58 bits per heavy atom. The Bertz CT molecular complexity index is 269. The van der Waals surface area contributed by atoms with Crippen LogP contribution in [0.4, 0.5) is 0 Å². The molecular formula is C8H10N2O2. The SMILES string of the molecule is O=C1CCNCC1c1ccno1. The summed E-state index contributed by atoms with van der Waals surface area (Å²) in [5, 5.41) is 6.72. The largest absolute Gasteiger partial charge is 0.361 e. The molecule has 1 aliphatic rings. The first kappa shape index (κ1) is 7.49. The molecule has 1 aromatic heterocycles. The molecule has 1 fully saturated rings. The van der Waals surface area contributed by atoms with Crippen LogP contribution >= 0.6 is 0 Å². The molecule has 64 valence electrons. The number of carbonyl (C=O) groups excluding carboxylic acids is 1. The molecule has 1 saturated heterocycles. The van der Waals surface area contributed by atoms with Crippen LogP contribution in [0.3, 0.4) is 0 Å². The number of hydrogen-bond acceptors (Lipinski definition) is 4. The average molecular weight is 166 g/mol. The number of carbonyl (C=O) groups is 1. The van der Waals surface area contributed by atoms with E-state index in [0.29, 0.717) is 18.7 Å². The molecule has 0 spiro atoms. The monoisotopic (exact) mass is 166 g/mol. The third-order valence-corrected chi connectivity index (χ3v) is 2.09. The summed E-state index contributed by atoms with van der Waals surface area (Å²) >= 11 is 0. The van der Waals surface area contributed by atoms with Crippen molar-refractivity contribution in [1.82, 2.24) is 10.5 Å². The van der Waals surface area contributed by atoms with E-state index in [1.165, 1.54) is 0 Å². The molecule has 1 atom stereocenters. The van der Waals surface area contributed by atoms with Crippen molar-refractivity contribution in [2.75, 3.05) is 13.1 Å². The van der Waals surface area contributed by atoms with Crippen LogP contribution in [-0.4, -0.2) is 24.0 Å². The van der Waals surface area contributed by atoms with E-state index in [1.54, 1.807) is 12.3 Å². The zero-order valence-corrected chi connectivity index (χ0v) is 6.62. The highest BCUT2D eigenvalue weighted by molar-refractivity contribution is 5.86. The minimum atomic E-state index is -0.124. The van der Waals surface area contributed by atoms with Crippen molar-refractivity contribution >= 4 is 5.78 Å². The fraction of sp³-hybridized carbons (Fsp3) is 0.500.